The van der Waals surface area contributed by atoms with Gasteiger partial charge in [0.1, 0.15) is 5.02 Å². The molecule has 1 amide bonds. The molecule has 1 aliphatic rings. The van der Waals surface area contributed by atoms with Crippen LogP contribution in [0, 0.1) is 10.1 Å². The summed E-state index contributed by atoms with van der Waals surface area (Å²) >= 11 is 9.17. The van der Waals surface area contributed by atoms with Gasteiger partial charge in [-0.15, -0.1) is 5.10 Å². The Morgan fingerprint density at radius 3 is 2.60 bits per heavy atom. The van der Waals surface area contributed by atoms with Crippen molar-refractivity contribution in [3.8, 4) is 0 Å². The van der Waals surface area contributed by atoms with Gasteiger partial charge in [0.2, 0.25) is 18.0 Å². The number of nitrogens with zero attached hydrogens (tertiary/aromatic N) is 3. The monoisotopic (exact) mass is 423 g/mol. The number of rotatable bonds is 3. The molecule has 0 aromatic heterocycles. The van der Waals surface area contributed by atoms with Gasteiger partial charge in [-0.05, 0) is 24.3 Å². The predicted octanol–water partition coefficient (Wildman–Crippen LogP) is 4.25. The molecular formula is C16H11BrClN3O4. The topological polar surface area (TPSA) is 85.0 Å². The smallest absolute Gasteiger partial charge is 0.288 e. The molecule has 7 nitrogen and oxygen atoms in total. The lowest BCUT2D eigenvalue weighted by Crippen LogP contribution is -2.25. The maximum Gasteiger partial charge on any atom is 0.288 e. The number of benzene rings is 2. The van der Waals surface area contributed by atoms with Gasteiger partial charge in [0.05, 0.1) is 4.92 Å². The van der Waals surface area contributed by atoms with Gasteiger partial charge in [-0.2, -0.15) is 5.01 Å². The van der Waals surface area contributed by atoms with E-state index < -0.39 is 11.2 Å². The molecule has 1 heterocycles. The molecule has 2 aromatic rings. The molecule has 0 unspecified atom stereocenters. The lowest BCUT2D eigenvalue weighted by Gasteiger charge is -2.19. The molecule has 1 aliphatic heterocycles. The van der Waals surface area contributed by atoms with Crippen LogP contribution in [-0.4, -0.2) is 21.7 Å². The van der Waals surface area contributed by atoms with Crippen molar-refractivity contribution < 1.29 is 14.5 Å². The van der Waals surface area contributed by atoms with Crippen LogP contribution in [0.1, 0.15) is 24.3 Å². The van der Waals surface area contributed by atoms with Crippen molar-refractivity contribution in [1.82, 2.24) is 5.01 Å². The van der Waals surface area contributed by atoms with E-state index in [4.69, 9.17) is 16.3 Å². The Morgan fingerprint density at radius 2 is 2.00 bits per heavy atom. The highest BCUT2D eigenvalue weighted by Gasteiger charge is 2.33. The predicted molar refractivity (Wildman–Crippen MR) is 95.1 cm³/mol. The van der Waals surface area contributed by atoms with E-state index in [-0.39, 0.29) is 22.5 Å². The van der Waals surface area contributed by atoms with Gasteiger partial charge in [-0.1, -0.05) is 39.7 Å². The number of hydrazone groups is 1. The molecule has 0 spiro atoms. The second kappa shape index (κ2) is 6.81. The SMILES string of the molecule is CC(=O)N1N=C(c2ccc(Cl)c([N+](=O)[O-])c2)O[C@@H]1c1ccc(Br)cc1. The van der Waals surface area contributed by atoms with Crippen LogP contribution in [0.4, 0.5) is 5.69 Å². The number of ether oxygens (including phenoxy) is 1. The molecule has 1 atom stereocenters. The van der Waals surface area contributed by atoms with Crippen molar-refractivity contribution in [3.05, 3.63) is 73.2 Å². The van der Waals surface area contributed by atoms with Gasteiger partial charge in [-0.25, -0.2) is 0 Å². The molecule has 0 bridgehead atoms. The van der Waals surface area contributed by atoms with Gasteiger partial charge in [0.25, 0.3) is 5.69 Å². The molecule has 128 valence electrons. The van der Waals surface area contributed by atoms with Crippen LogP contribution in [0.5, 0.6) is 0 Å². The minimum atomic E-state index is -0.740. The van der Waals surface area contributed by atoms with Crippen molar-refractivity contribution in [3.63, 3.8) is 0 Å². The summed E-state index contributed by atoms with van der Waals surface area (Å²) in [5, 5.41) is 16.4. The van der Waals surface area contributed by atoms with Crippen molar-refractivity contribution in [2.75, 3.05) is 0 Å². The molecule has 0 saturated carbocycles. The zero-order valence-corrected chi connectivity index (χ0v) is 15.2. The highest BCUT2D eigenvalue weighted by Crippen LogP contribution is 2.33. The van der Waals surface area contributed by atoms with Crippen molar-refractivity contribution in [2.45, 2.75) is 13.2 Å². The quantitative estimate of drug-likeness (QED) is 0.544. The molecular weight excluding hydrogens is 414 g/mol. The number of hydrogen-bond donors (Lipinski definition) is 0. The third-order valence-corrected chi connectivity index (χ3v) is 4.36. The third kappa shape index (κ3) is 3.49. The first-order valence-corrected chi connectivity index (χ1v) is 8.29. The van der Waals surface area contributed by atoms with Gasteiger partial charge in [0.15, 0.2) is 0 Å². The first kappa shape index (κ1) is 17.4. The van der Waals surface area contributed by atoms with Gasteiger partial charge in [-0.3, -0.25) is 14.9 Å². The Hall–Kier alpha value is -2.45. The summed E-state index contributed by atoms with van der Waals surface area (Å²) in [6, 6.07) is 11.5. The van der Waals surface area contributed by atoms with E-state index in [1.165, 1.54) is 24.1 Å². The Bertz CT molecular complexity index is 885. The van der Waals surface area contributed by atoms with E-state index in [1.54, 1.807) is 18.2 Å². The zero-order valence-electron chi connectivity index (χ0n) is 12.8. The molecule has 25 heavy (non-hydrogen) atoms. The molecule has 2 aromatic carbocycles. The summed E-state index contributed by atoms with van der Waals surface area (Å²) in [6.07, 6.45) is -0.740. The average molecular weight is 425 g/mol. The summed E-state index contributed by atoms with van der Waals surface area (Å²) in [6.45, 7) is 1.37. The Balaban J connectivity index is 1.97. The standard InChI is InChI=1S/C16H11BrClN3O4/c1-9(22)20-16(10-2-5-12(17)6-3-10)25-15(19-20)11-4-7-13(18)14(8-11)21(23)24/h2-8,16H,1H3/t16-/m1/s1. The maximum absolute atomic E-state index is 11.9. The van der Waals surface area contributed by atoms with E-state index in [2.05, 4.69) is 21.0 Å². The average Bonchev–Trinajstić information content (AvgIpc) is 3.01. The maximum atomic E-state index is 11.9. The van der Waals surface area contributed by atoms with Crippen molar-refractivity contribution in [2.24, 2.45) is 5.10 Å². The first-order chi connectivity index (χ1) is 11.9. The van der Waals surface area contributed by atoms with Crippen LogP contribution in [0.2, 0.25) is 5.02 Å². The highest BCUT2D eigenvalue weighted by atomic mass is 79.9. The normalized spacial score (nSPS) is 16.4. The van der Waals surface area contributed by atoms with E-state index in [1.807, 2.05) is 12.1 Å². The fourth-order valence-corrected chi connectivity index (χ4v) is 2.76. The molecule has 3 rings (SSSR count). The van der Waals surface area contributed by atoms with E-state index >= 15 is 0 Å². The summed E-state index contributed by atoms with van der Waals surface area (Å²) in [7, 11) is 0. The van der Waals surface area contributed by atoms with Crippen molar-refractivity contribution in [1.29, 1.82) is 0 Å². The van der Waals surface area contributed by atoms with E-state index in [9.17, 15) is 14.9 Å². The van der Waals surface area contributed by atoms with E-state index in [0.717, 1.165) is 10.0 Å². The highest BCUT2D eigenvalue weighted by molar-refractivity contribution is 9.10. The number of carbonyl (C=O) groups excluding carboxylic acids is 1. The Labute approximate surface area is 156 Å². The first-order valence-electron chi connectivity index (χ1n) is 7.11. The van der Waals surface area contributed by atoms with Crippen LogP contribution < -0.4 is 0 Å². The van der Waals surface area contributed by atoms with Gasteiger partial charge >= 0.3 is 0 Å². The number of nitro groups is 1. The summed E-state index contributed by atoms with van der Waals surface area (Å²) in [5.74, 6) is -0.200. The van der Waals surface area contributed by atoms with Gasteiger partial charge in [0, 0.05) is 28.6 Å². The number of amides is 1. The second-order valence-electron chi connectivity index (χ2n) is 5.21. The molecule has 0 radical (unpaired) electrons. The molecule has 0 fully saturated rings. The number of carbonyl (C=O) groups is 1. The zero-order chi connectivity index (χ0) is 18.1. The fraction of sp³-hybridized carbons (Fsp3) is 0.125. The summed E-state index contributed by atoms with van der Waals surface area (Å²) < 4.78 is 6.68. The number of nitro benzene ring substituents is 1. The third-order valence-electron chi connectivity index (χ3n) is 3.51. The molecule has 0 saturated heterocycles. The lowest BCUT2D eigenvalue weighted by molar-refractivity contribution is -0.384. The minimum Gasteiger partial charge on any atom is -0.446 e. The van der Waals surface area contributed by atoms with Crippen LogP contribution in [0.25, 0.3) is 0 Å². The second-order valence-corrected chi connectivity index (χ2v) is 6.54. The number of hydrogen-bond acceptors (Lipinski definition) is 5. The Morgan fingerprint density at radius 1 is 1.32 bits per heavy atom. The Kier molecular flexibility index (Phi) is 4.73. The molecule has 0 aliphatic carbocycles. The lowest BCUT2D eigenvalue weighted by atomic mass is 10.2. The van der Waals surface area contributed by atoms with Gasteiger partial charge < -0.3 is 4.74 Å². The number of halogens is 2. The largest absolute Gasteiger partial charge is 0.446 e. The van der Waals surface area contributed by atoms with Crippen LogP contribution in [0.15, 0.2) is 52.0 Å². The molecule has 9 heteroatoms. The van der Waals surface area contributed by atoms with Crippen molar-refractivity contribution >= 4 is 45.0 Å². The minimum absolute atomic E-state index is 0.0141. The fourth-order valence-electron chi connectivity index (χ4n) is 2.31. The van der Waals surface area contributed by atoms with E-state index in [0.29, 0.717) is 5.56 Å². The molecule has 0 N–H and O–H groups in total. The summed E-state index contributed by atoms with van der Waals surface area (Å²) in [5.41, 5.74) is 0.828. The van der Waals surface area contributed by atoms with Crippen LogP contribution in [0.3, 0.4) is 0 Å². The van der Waals surface area contributed by atoms with Crippen LogP contribution in [-0.2, 0) is 9.53 Å². The summed E-state index contributed by atoms with van der Waals surface area (Å²) in [4.78, 5) is 22.4. The van der Waals surface area contributed by atoms with Crippen LogP contribution >= 0.6 is 27.5 Å².